The Bertz CT molecular complexity index is 590. The smallest absolute Gasteiger partial charge is 0.221 e. The zero-order valence-corrected chi connectivity index (χ0v) is 12.1. The number of rotatable bonds is 5. The number of hydrogen-bond acceptors (Lipinski definition) is 4. The topological polar surface area (TPSA) is 81.8 Å². The number of amides is 1. The predicted octanol–water partition coefficient (Wildman–Crippen LogP) is 1.21. The van der Waals surface area contributed by atoms with Crippen molar-refractivity contribution in [3.8, 4) is 0 Å². The number of carbonyl (C=O) groups excluding carboxylic acids is 1. The summed E-state index contributed by atoms with van der Waals surface area (Å²) in [6.45, 7) is 2.08. The van der Waals surface area contributed by atoms with Crippen LogP contribution in [0.15, 0.2) is 24.3 Å². The summed E-state index contributed by atoms with van der Waals surface area (Å²) in [4.78, 5) is 19.7. The van der Waals surface area contributed by atoms with Crippen molar-refractivity contribution in [1.29, 1.82) is 0 Å². The van der Waals surface area contributed by atoms with Gasteiger partial charge in [0.05, 0.1) is 17.2 Å². The molecule has 0 radical (unpaired) electrons. The molecule has 21 heavy (non-hydrogen) atoms. The summed E-state index contributed by atoms with van der Waals surface area (Å²) in [7, 11) is 0. The Morgan fingerprint density at radius 2 is 2.24 bits per heavy atom. The van der Waals surface area contributed by atoms with E-state index in [-0.39, 0.29) is 12.1 Å². The highest BCUT2D eigenvalue weighted by Gasteiger charge is 2.21. The summed E-state index contributed by atoms with van der Waals surface area (Å²) in [5.41, 5.74) is 8.18. The molecule has 4 N–H and O–H groups in total. The van der Waals surface area contributed by atoms with E-state index in [1.807, 2.05) is 24.3 Å². The molecule has 1 aromatic heterocycles. The van der Waals surface area contributed by atoms with Crippen LogP contribution in [-0.4, -0.2) is 28.1 Å². The number of benzene rings is 1. The predicted molar refractivity (Wildman–Crippen MR) is 81.3 cm³/mol. The Morgan fingerprint density at radius 3 is 3.00 bits per heavy atom. The van der Waals surface area contributed by atoms with Gasteiger partial charge in [-0.05, 0) is 31.9 Å². The number of para-hydroxylation sites is 2. The minimum absolute atomic E-state index is 0.0405. The standard InChI is InChI=1S/C15H21N5O/c1-10-9-14(20-19-10)18-15(21)8-4-7-13-16-11-5-2-3-6-12(11)17-13/h2-3,5-6,10,14,19-20H,4,7-9H2,1H3,(H,16,17)(H,18,21). The summed E-state index contributed by atoms with van der Waals surface area (Å²) in [5, 5.41) is 2.98. The van der Waals surface area contributed by atoms with E-state index in [1.54, 1.807) is 0 Å². The summed E-state index contributed by atoms with van der Waals surface area (Å²) in [5.74, 6) is 1.03. The van der Waals surface area contributed by atoms with Crippen LogP contribution >= 0.6 is 0 Å². The lowest BCUT2D eigenvalue weighted by Gasteiger charge is -2.11. The molecule has 6 nitrogen and oxygen atoms in total. The van der Waals surface area contributed by atoms with Crippen LogP contribution in [0.5, 0.6) is 0 Å². The van der Waals surface area contributed by atoms with E-state index in [4.69, 9.17) is 0 Å². The lowest BCUT2D eigenvalue weighted by atomic mass is 10.2. The van der Waals surface area contributed by atoms with Crippen molar-refractivity contribution in [1.82, 2.24) is 26.1 Å². The third-order valence-corrected chi connectivity index (χ3v) is 3.68. The molecule has 2 aromatic rings. The molecule has 2 atom stereocenters. The van der Waals surface area contributed by atoms with Crippen molar-refractivity contribution in [3.05, 3.63) is 30.1 Å². The molecule has 1 aromatic carbocycles. The van der Waals surface area contributed by atoms with Gasteiger partial charge in [0, 0.05) is 18.9 Å². The van der Waals surface area contributed by atoms with Crippen molar-refractivity contribution in [2.75, 3.05) is 0 Å². The molecule has 112 valence electrons. The fourth-order valence-corrected chi connectivity index (χ4v) is 2.62. The number of fused-ring (bicyclic) bond motifs is 1. The van der Waals surface area contributed by atoms with Crippen LogP contribution in [0.25, 0.3) is 11.0 Å². The second-order valence-electron chi connectivity index (χ2n) is 5.60. The Balaban J connectivity index is 1.44. The number of H-pyrrole nitrogens is 1. The van der Waals surface area contributed by atoms with Crippen LogP contribution in [0.3, 0.4) is 0 Å². The largest absolute Gasteiger partial charge is 0.342 e. The van der Waals surface area contributed by atoms with E-state index in [1.165, 1.54) is 0 Å². The number of aromatic amines is 1. The van der Waals surface area contributed by atoms with Crippen LogP contribution < -0.4 is 16.2 Å². The molecule has 3 rings (SSSR count). The number of carbonyl (C=O) groups is 1. The normalized spacial score (nSPS) is 21.8. The zero-order valence-electron chi connectivity index (χ0n) is 12.1. The first-order valence-electron chi connectivity index (χ1n) is 7.45. The van der Waals surface area contributed by atoms with Gasteiger partial charge in [0.1, 0.15) is 5.82 Å². The summed E-state index contributed by atoms with van der Waals surface area (Å²) in [6.07, 6.45) is 3.05. The van der Waals surface area contributed by atoms with Gasteiger partial charge >= 0.3 is 0 Å². The molecule has 0 spiro atoms. The van der Waals surface area contributed by atoms with Crippen molar-refractivity contribution in [2.45, 2.75) is 44.8 Å². The molecule has 1 aliphatic heterocycles. The van der Waals surface area contributed by atoms with Crippen LogP contribution in [0.2, 0.25) is 0 Å². The molecule has 0 bridgehead atoms. The number of imidazole rings is 1. The van der Waals surface area contributed by atoms with E-state index < -0.39 is 0 Å². The minimum Gasteiger partial charge on any atom is -0.342 e. The average molecular weight is 287 g/mol. The first kappa shape index (κ1) is 14.0. The molecule has 1 amide bonds. The molecular weight excluding hydrogens is 266 g/mol. The highest BCUT2D eigenvalue weighted by Crippen LogP contribution is 2.12. The van der Waals surface area contributed by atoms with Gasteiger partial charge in [0.2, 0.25) is 5.91 Å². The first-order chi connectivity index (χ1) is 10.2. The highest BCUT2D eigenvalue weighted by molar-refractivity contribution is 5.76. The molecule has 2 unspecified atom stereocenters. The highest BCUT2D eigenvalue weighted by atomic mass is 16.1. The van der Waals surface area contributed by atoms with Crippen LogP contribution in [0.4, 0.5) is 0 Å². The van der Waals surface area contributed by atoms with Gasteiger partial charge in [0.25, 0.3) is 0 Å². The number of nitrogens with one attached hydrogen (secondary N) is 4. The van der Waals surface area contributed by atoms with E-state index in [0.717, 1.165) is 36.1 Å². The number of aryl methyl sites for hydroxylation is 1. The van der Waals surface area contributed by atoms with Crippen LogP contribution in [0, 0.1) is 0 Å². The molecule has 1 aliphatic rings. The fraction of sp³-hybridized carbons (Fsp3) is 0.467. The minimum atomic E-state index is 0.0405. The van der Waals surface area contributed by atoms with Gasteiger partial charge in [0.15, 0.2) is 0 Å². The third kappa shape index (κ3) is 3.59. The maximum absolute atomic E-state index is 11.9. The SMILES string of the molecule is CC1CC(NC(=O)CCCc2nc3ccccc3[nH]2)NN1. The molecule has 0 saturated carbocycles. The van der Waals surface area contributed by atoms with Crippen molar-refractivity contribution >= 4 is 16.9 Å². The number of hydrazine groups is 1. The van der Waals surface area contributed by atoms with Crippen molar-refractivity contribution in [2.24, 2.45) is 0 Å². The summed E-state index contributed by atoms with van der Waals surface area (Å²) >= 11 is 0. The number of hydrogen-bond donors (Lipinski definition) is 4. The van der Waals surface area contributed by atoms with Gasteiger partial charge in [-0.2, -0.15) is 0 Å². The summed E-state index contributed by atoms with van der Waals surface area (Å²) in [6, 6.07) is 8.36. The Morgan fingerprint density at radius 1 is 1.38 bits per heavy atom. The van der Waals surface area contributed by atoms with Gasteiger partial charge < -0.3 is 10.3 Å². The van der Waals surface area contributed by atoms with Crippen LogP contribution in [0.1, 0.15) is 32.0 Å². The Kier molecular flexibility index (Phi) is 4.17. The molecule has 2 heterocycles. The van der Waals surface area contributed by atoms with Gasteiger partial charge in [-0.3, -0.25) is 10.2 Å². The second kappa shape index (κ2) is 6.24. The Hall–Kier alpha value is -1.92. The quantitative estimate of drug-likeness (QED) is 0.666. The maximum atomic E-state index is 11.9. The average Bonchev–Trinajstić information content (AvgIpc) is 3.04. The zero-order chi connectivity index (χ0) is 14.7. The van der Waals surface area contributed by atoms with E-state index in [0.29, 0.717) is 12.5 Å². The molecule has 0 aliphatic carbocycles. The van der Waals surface area contributed by atoms with Crippen molar-refractivity contribution < 1.29 is 4.79 Å². The van der Waals surface area contributed by atoms with Gasteiger partial charge in [-0.15, -0.1) is 0 Å². The Labute approximate surface area is 123 Å². The number of nitrogens with zero attached hydrogens (tertiary/aromatic N) is 1. The molecule has 6 heteroatoms. The number of aromatic nitrogens is 2. The van der Waals surface area contributed by atoms with E-state index in [2.05, 4.69) is 33.1 Å². The van der Waals surface area contributed by atoms with E-state index >= 15 is 0 Å². The lowest BCUT2D eigenvalue weighted by Crippen LogP contribution is -2.44. The first-order valence-corrected chi connectivity index (χ1v) is 7.45. The van der Waals surface area contributed by atoms with Gasteiger partial charge in [-0.25, -0.2) is 10.4 Å². The van der Waals surface area contributed by atoms with Crippen molar-refractivity contribution in [3.63, 3.8) is 0 Å². The fourth-order valence-electron chi connectivity index (χ4n) is 2.62. The molecule has 1 fully saturated rings. The van der Waals surface area contributed by atoms with Gasteiger partial charge in [-0.1, -0.05) is 12.1 Å². The lowest BCUT2D eigenvalue weighted by molar-refractivity contribution is -0.122. The second-order valence-corrected chi connectivity index (χ2v) is 5.60. The third-order valence-electron chi connectivity index (χ3n) is 3.68. The monoisotopic (exact) mass is 287 g/mol. The maximum Gasteiger partial charge on any atom is 0.221 e. The molecule has 1 saturated heterocycles. The molecular formula is C15H21N5O. The van der Waals surface area contributed by atoms with Crippen LogP contribution in [-0.2, 0) is 11.2 Å². The van der Waals surface area contributed by atoms with E-state index in [9.17, 15) is 4.79 Å². The summed E-state index contributed by atoms with van der Waals surface area (Å²) < 4.78 is 0.